The zero-order chi connectivity index (χ0) is 24.5. The van der Waals surface area contributed by atoms with E-state index in [1.54, 1.807) is 18.3 Å². The summed E-state index contributed by atoms with van der Waals surface area (Å²) in [6.45, 7) is 6.75. The summed E-state index contributed by atoms with van der Waals surface area (Å²) in [5.74, 6) is 0.570. The Morgan fingerprint density at radius 1 is 1.00 bits per heavy atom. The maximum absolute atomic E-state index is 13.6. The van der Waals surface area contributed by atoms with Crippen molar-refractivity contribution in [3.63, 3.8) is 0 Å². The van der Waals surface area contributed by atoms with Crippen LogP contribution in [0.1, 0.15) is 41.7 Å². The van der Waals surface area contributed by atoms with Crippen molar-refractivity contribution in [2.75, 3.05) is 11.5 Å². The van der Waals surface area contributed by atoms with Crippen LogP contribution in [0.15, 0.2) is 79.0 Å². The van der Waals surface area contributed by atoms with Gasteiger partial charge in [-0.15, -0.1) is 0 Å². The van der Waals surface area contributed by atoms with Gasteiger partial charge >= 0.3 is 0 Å². The monoisotopic (exact) mass is 486 g/mol. The van der Waals surface area contributed by atoms with Gasteiger partial charge in [-0.25, -0.2) is 4.39 Å². The Bertz CT molecular complexity index is 1340. The summed E-state index contributed by atoms with van der Waals surface area (Å²) in [7, 11) is 0. The SMILES string of the molecule is CCOc1ccc(N2C(=S)N[C@H](c3ccccn3)[C@H]2c2cc(C)n(-c3ccc(F)cc3)c2C)cc1. The lowest BCUT2D eigenvalue weighted by Gasteiger charge is -2.28. The first-order valence-corrected chi connectivity index (χ1v) is 12.1. The molecular weight excluding hydrogens is 459 g/mol. The van der Waals surface area contributed by atoms with Crippen LogP contribution in [0.2, 0.25) is 0 Å². The molecule has 0 aliphatic carbocycles. The lowest BCUT2D eigenvalue weighted by Crippen LogP contribution is -2.29. The number of pyridine rings is 1. The third kappa shape index (κ3) is 4.28. The molecule has 0 spiro atoms. The number of nitrogens with one attached hydrogen (secondary N) is 1. The molecule has 1 saturated heterocycles. The highest BCUT2D eigenvalue weighted by atomic mass is 32.1. The number of rotatable bonds is 6. The van der Waals surface area contributed by atoms with Crippen molar-refractivity contribution in [2.45, 2.75) is 32.9 Å². The Labute approximate surface area is 210 Å². The molecule has 1 aliphatic rings. The second kappa shape index (κ2) is 9.50. The summed E-state index contributed by atoms with van der Waals surface area (Å²) in [4.78, 5) is 6.80. The van der Waals surface area contributed by atoms with Crippen LogP contribution >= 0.6 is 12.2 Å². The van der Waals surface area contributed by atoms with E-state index in [-0.39, 0.29) is 17.9 Å². The second-order valence-corrected chi connectivity index (χ2v) is 8.95. The van der Waals surface area contributed by atoms with E-state index in [4.69, 9.17) is 17.0 Å². The average molecular weight is 487 g/mol. The van der Waals surface area contributed by atoms with Crippen molar-refractivity contribution in [3.05, 3.63) is 107 Å². The van der Waals surface area contributed by atoms with Gasteiger partial charge in [0.15, 0.2) is 5.11 Å². The maximum atomic E-state index is 13.6. The van der Waals surface area contributed by atoms with Crippen LogP contribution in [0, 0.1) is 19.7 Å². The molecule has 0 amide bonds. The molecule has 178 valence electrons. The van der Waals surface area contributed by atoms with E-state index in [1.807, 2.05) is 49.4 Å². The minimum atomic E-state index is -0.251. The molecule has 2 atom stereocenters. The minimum absolute atomic E-state index is 0.129. The van der Waals surface area contributed by atoms with Crippen LogP contribution in [0.5, 0.6) is 5.75 Å². The van der Waals surface area contributed by atoms with E-state index in [0.717, 1.165) is 39.8 Å². The van der Waals surface area contributed by atoms with Crippen molar-refractivity contribution in [2.24, 2.45) is 0 Å². The van der Waals surface area contributed by atoms with Crippen molar-refractivity contribution in [1.29, 1.82) is 0 Å². The highest BCUT2D eigenvalue weighted by molar-refractivity contribution is 7.80. The summed E-state index contributed by atoms with van der Waals surface area (Å²) < 4.78 is 21.4. The summed E-state index contributed by atoms with van der Waals surface area (Å²) in [6, 6.07) is 22.4. The fraction of sp³-hybridized carbons (Fsp3) is 0.214. The lowest BCUT2D eigenvalue weighted by atomic mass is 9.96. The first-order chi connectivity index (χ1) is 17.0. The molecule has 0 unspecified atom stereocenters. The summed E-state index contributed by atoms with van der Waals surface area (Å²) >= 11 is 5.86. The zero-order valence-corrected chi connectivity index (χ0v) is 20.7. The van der Waals surface area contributed by atoms with Crippen LogP contribution in [-0.2, 0) is 0 Å². The van der Waals surface area contributed by atoms with E-state index >= 15 is 0 Å². The molecule has 35 heavy (non-hydrogen) atoms. The molecule has 1 N–H and O–H groups in total. The number of anilines is 1. The van der Waals surface area contributed by atoms with Gasteiger partial charge in [-0.05, 0) is 105 Å². The lowest BCUT2D eigenvalue weighted by molar-refractivity contribution is 0.340. The zero-order valence-electron chi connectivity index (χ0n) is 19.9. The minimum Gasteiger partial charge on any atom is -0.494 e. The van der Waals surface area contributed by atoms with Gasteiger partial charge in [0.25, 0.3) is 0 Å². The molecule has 1 fully saturated rings. The number of benzene rings is 2. The van der Waals surface area contributed by atoms with Gasteiger partial charge in [-0.1, -0.05) is 6.07 Å². The number of ether oxygens (including phenoxy) is 1. The van der Waals surface area contributed by atoms with Crippen LogP contribution in [0.3, 0.4) is 0 Å². The van der Waals surface area contributed by atoms with E-state index in [0.29, 0.717) is 11.7 Å². The molecule has 4 aromatic rings. The van der Waals surface area contributed by atoms with E-state index in [2.05, 4.69) is 39.7 Å². The molecule has 1 aliphatic heterocycles. The average Bonchev–Trinajstić information content (AvgIpc) is 3.36. The predicted octanol–water partition coefficient (Wildman–Crippen LogP) is 6.20. The van der Waals surface area contributed by atoms with Gasteiger partial charge in [0.1, 0.15) is 11.6 Å². The normalized spacial score (nSPS) is 17.5. The molecule has 0 bridgehead atoms. The molecule has 2 aromatic heterocycles. The molecule has 2 aromatic carbocycles. The molecule has 5 nitrogen and oxygen atoms in total. The van der Waals surface area contributed by atoms with Crippen molar-refractivity contribution in [1.82, 2.24) is 14.9 Å². The third-order valence-electron chi connectivity index (χ3n) is 6.40. The largest absolute Gasteiger partial charge is 0.494 e. The standard InChI is InChI=1S/C28H27FN4OS/c1-4-34-23-14-12-22(13-15-23)33-27(26(31-28(33)35)25-7-5-6-16-30-25)24-17-18(2)32(19(24)3)21-10-8-20(29)9-11-21/h5-17,26-27H,4H2,1-3H3,(H,31,35)/t26-,27-/m1/s1. The fourth-order valence-corrected chi connectivity index (χ4v) is 5.24. The van der Waals surface area contributed by atoms with Gasteiger partial charge in [-0.3, -0.25) is 4.98 Å². The van der Waals surface area contributed by atoms with Gasteiger partial charge < -0.3 is 19.5 Å². The fourth-order valence-electron chi connectivity index (χ4n) is 4.89. The van der Waals surface area contributed by atoms with Gasteiger partial charge in [-0.2, -0.15) is 0 Å². The third-order valence-corrected chi connectivity index (χ3v) is 6.71. The number of thiocarbonyl (C=S) groups is 1. The Kier molecular flexibility index (Phi) is 6.26. The smallest absolute Gasteiger partial charge is 0.174 e. The van der Waals surface area contributed by atoms with Crippen LogP contribution < -0.4 is 15.0 Å². The topological polar surface area (TPSA) is 42.3 Å². The number of hydrogen-bond donors (Lipinski definition) is 1. The molecule has 0 radical (unpaired) electrons. The van der Waals surface area contributed by atoms with Gasteiger partial charge in [0.2, 0.25) is 0 Å². The predicted molar refractivity (Wildman–Crippen MR) is 141 cm³/mol. The van der Waals surface area contributed by atoms with E-state index in [9.17, 15) is 4.39 Å². The van der Waals surface area contributed by atoms with Gasteiger partial charge in [0.05, 0.1) is 24.4 Å². The number of nitrogens with zero attached hydrogens (tertiary/aromatic N) is 3. The Balaban J connectivity index is 1.63. The Hall–Kier alpha value is -3.71. The Morgan fingerprint density at radius 3 is 2.37 bits per heavy atom. The summed E-state index contributed by atoms with van der Waals surface area (Å²) in [5.41, 5.74) is 6.07. The van der Waals surface area contributed by atoms with E-state index in [1.165, 1.54) is 12.1 Å². The molecular formula is C28H27FN4OS. The number of hydrogen-bond acceptors (Lipinski definition) is 3. The van der Waals surface area contributed by atoms with Crippen LogP contribution in [0.4, 0.5) is 10.1 Å². The molecule has 0 saturated carbocycles. The first-order valence-electron chi connectivity index (χ1n) is 11.7. The number of aryl methyl sites for hydroxylation is 1. The molecule has 3 heterocycles. The maximum Gasteiger partial charge on any atom is 0.174 e. The summed E-state index contributed by atoms with van der Waals surface area (Å²) in [5, 5.41) is 4.16. The van der Waals surface area contributed by atoms with E-state index < -0.39 is 0 Å². The first kappa shape index (κ1) is 23.1. The van der Waals surface area contributed by atoms with Crippen LogP contribution in [-0.4, -0.2) is 21.3 Å². The second-order valence-electron chi connectivity index (χ2n) is 8.56. The highest BCUT2D eigenvalue weighted by Crippen LogP contribution is 2.44. The van der Waals surface area contributed by atoms with Gasteiger partial charge in [0, 0.05) is 29.0 Å². The molecule has 7 heteroatoms. The number of halogens is 1. The van der Waals surface area contributed by atoms with Crippen molar-refractivity contribution in [3.8, 4) is 11.4 Å². The number of aromatic nitrogens is 2. The summed E-state index contributed by atoms with van der Waals surface area (Å²) in [6.07, 6.45) is 1.80. The van der Waals surface area contributed by atoms with Crippen molar-refractivity contribution >= 4 is 23.0 Å². The molecule has 5 rings (SSSR count). The van der Waals surface area contributed by atoms with Crippen LogP contribution in [0.25, 0.3) is 5.69 Å². The quantitative estimate of drug-likeness (QED) is 0.329. The Morgan fingerprint density at radius 2 is 1.71 bits per heavy atom. The van der Waals surface area contributed by atoms with Crippen molar-refractivity contribution < 1.29 is 9.13 Å². The highest BCUT2D eigenvalue weighted by Gasteiger charge is 2.42.